The Kier molecular flexibility index (Phi) is 6.29. The third-order valence-corrected chi connectivity index (χ3v) is 3.21. The molecule has 0 aliphatic rings. The van der Waals surface area contributed by atoms with E-state index in [1.54, 1.807) is 30.1 Å². The van der Waals surface area contributed by atoms with Gasteiger partial charge in [-0.25, -0.2) is 4.39 Å². The minimum atomic E-state index is -0.239. The fourth-order valence-corrected chi connectivity index (χ4v) is 2.11. The summed E-state index contributed by atoms with van der Waals surface area (Å²) in [6, 6.07) is 6.37. The largest absolute Gasteiger partial charge is 0.385 e. The molecule has 0 saturated carbocycles. The standard InChI is InChI=1S/C15H19FN4OS/c1-21-8-2-7-17-15(22)19-14-9-18-20(11-14)10-12-3-5-13(16)6-4-12/h3-6,9,11H,2,7-8,10H2,1H3,(H2,17,19,22). The summed E-state index contributed by atoms with van der Waals surface area (Å²) in [5, 5.41) is 11.0. The summed E-state index contributed by atoms with van der Waals surface area (Å²) < 4.78 is 19.6. The van der Waals surface area contributed by atoms with Gasteiger partial charge in [-0.05, 0) is 36.3 Å². The average molecular weight is 322 g/mol. The molecule has 118 valence electrons. The van der Waals surface area contributed by atoms with Crippen molar-refractivity contribution in [2.24, 2.45) is 0 Å². The van der Waals surface area contributed by atoms with Crippen molar-refractivity contribution in [2.45, 2.75) is 13.0 Å². The molecule has 0 spiro atoms. The first kappa shape index (κ1) is 16.4. The Morgan fingerprint density at radius 1 is 1.36 bits per heavy atom. The number of nitrogens with zero attached hydrogens (tertiary/aromatic N) is 2. The number of ether oxygens (including phenoxy) is 1. The SMILES string of the molecule is COCCCNC(=S)Nc1cnn(Cc2ccc(F)cc2)c1. The maximum absolute atomic E-state index is 12.9. The topological polar surface area (TPSA) is 51.1 Å². The molecule has 22 heavy (non-hydrogen) atoms. The second-order valence-electron chi connectivity index (χ2n) is 4.78. The molecular weight excluding hydrogens is 303 g/mol. The van der Waals surface area contributed by atoms with Crippen molar-refractivity contribution >= 4 is 23.0 Å². The van der Waals surface area contributed by atoms with Crippen molar-refractivity contribution in [3.05, 3.63) is 48.0 Å². The molecule has 1 aromatic carbocycles. The number of rotatable bonds is 7. The van der Waals surface area contributed by atoms with Gasteiger partial charge in [-0.2, -0.15) is 5.10 Å². The molecule has 1 heterocycles. The minimum Gasteiger partial charge on any atom is -0.385 e. The number of aromatic nitrogens is 2. The van der Waals surface area contributed by atoms with Crippen LogP contribution in [0.4, 0.5) is 10.1 Å². The highest BCUT2D eigenvalue weighted by atomic mass is 32.1. The minimum absolute atomic E-state index is 0.239. The molecule has 7 heteroatoms. The van der Waals surface area contributed by atoms with Gasteiger partial charge in [0, 0.05) is 26.5 Å². The van der Waals surface area contributed by atoms with Crippen LogP contribution in [0.5, 0.6) is 0 Å². The molecule has 2 aromatic rings. The number of thiocarbonyl (C=S) groups is 1. The molecule has 2 N–H and O–H groups in total. The van der Waals surface area contributed by atoms with Gasteiger partial charge >= 0.3 is 0 Å². The summed E-state index contributed by atoms with van der Waals surface area (Å²) in [7, 11) is 1.67. The van der Waals surface area contributed by atoms with Crippen molar-refractivity contribution in [3.63, 3.8) is 0 Å². The van der Waals surface area contributed by atoms with Gasteiger partial charge in [-0.3, -0.25) is 4.68 Å². The van der Waals surface area contributed by atoms with Crippen LogP contribution in [-0.2, 0) is 11.3 Å². The Labute approximate surface area is 134 Å². The van der Waals surface area contributed by atoms with E-state index in [1.807, 2.05) is 6.20 Å². The zero-order valence-electron chi connectivity index (χ0n) is 12.4. The summed E-state index contributed by atoms with van der Waals surface area (Å²) in [6.45, 7) is 2.03. The van der Waals surface area contributed by atoms with Crippen LogP contribution in [0.15, 0.2) is 36.7 Å². The summed E-state index contributed by atoms with van der Waals surface area (Å²) in [5.41, 5.74) is 1.79. The van der Waals surface area contributed by atoms with Gasteiger partial charge < -0.3 is 15.4 Å². The van der Waals surface area contributed by atoms with E-state index in [0.717, 1.165) is 24.2 Å². The van der Waals surface area contributed by atoms with E-state index in [4.69, 9.17) is 17.0 Å². The van der Waals surface area contributed by atoms with Crippen LogP contribution in [0, 0.1) is 5.82 Å². The number of anilines is 1. The van der Waals surface area contributed by atoms with Gasteiger partial charge in [0.1, 0.15) is 5.82 Å². The van der Waals surface area contributed by atoms with Crippen LogP contribution in [0.3, 0.4) is 0 Å². The molecule has 0 fully saturated rings. The Hall–Kier alpha value is -1.99. The highest BCUT2D eigenvalue weighted by Crippen LogP contribution is 2.08. The zero-order valence-corrected chi connectivity index (χ0v) is 13.2. The van der Waals surface area contributed by atoms with E-state index >= 15 is 0 Å². The molecular formula is C15H19FN4OS. The van der Waals surface area contributed by atoms with Crippen molar-refractivity contribution in [1.82, 2.24) is 15.1 Å². The molecule has 0 aliphatic carbocycles. The lowest BCUT2D eigenvalue weighted by Crippen LogP contribution is -2.29. The van der Waals surface area contributed by atoms with Crippen LogP contribution >= 0.6 is 12.2 Å². The zero-order chi connectivity index (χ0) is 15.8. The smallest absolute Gasteiger partial charge is 0.170 e. The number of halogens is 1. The Balaban J connectivity index is 1.80. The van der Waals surface area contributed by atoms with Crippen LogP contribution in [0.1, 0.15) is 12.0 Å². The molecule has 0 aliphatic heterocycles. The predicted octanol–water partition coefficient (Wildman–Crippen LogP) is 2.39. The molecule has 1 aromatic heterocycles. The number of hydrogen-bond acceptors (Lipinski definition) is 3. The lowest BCUT2D eigenvalue weighted by atomic mass is 10.2. The first-order valence-corrected chi connectivity index (χ1v) is 7.39. The van der Waals surface area contributed by atoms with E-state index < -0.39 is 0 Å². The second-order valence-corrected chi connectivity index (χ2v) is 5.19. The normalized spacial score (nSPS) is 10.5. The highest BCUT2D eigenvalue weighted by molar-refractivity contribution is 7.80. The lowest BCUT2D eigenvalue weighted by molar-refractivity contribution is 0.196. The van der Waals surface area contributed by atoms with Gasteiger partial charge in [0.2, 0.25) is 0 Å². The number of benzene rings is 1. The monoisotopic (exact) mass is 322 g/mol. The van der Waals surface area contributed by atoms with E-state index in [-0.39, 0.29) is 5.82 Å². The quantitative estimate of drug-likeness (QED) is 0.605. The first-order chi connectivity index (χ1) is 10.7. The Morgan fingerprint density at radius 3 is 2.86 bits per heavy atom. The van der Waals surface area contributed by atoms with Gasteiger partial charge in [-0.1, -0.05) is 12.1 Å². The third kappa shape index (κ3) is 5.42. The van der Waals surface area contributed by atoms with Crippen LogP contribution in [0.25, 0.3) is 0 Å². The second kappa shape index (κ2) is 8.45. The van der Waals surface area contributed by atoms with E-state index in [2.05, 4.69) is 15.7 Å². The summed E-state index contributed by atoms with van der Waals surface area (Å²) in [6.07, 6.45) is 4.45. The molecule has 0 atom stereocenters. The van der Waals surface area contributed by atoms with Gasteiger partial charge in [0.15, 0.2) is 5.11 Å². The highest BCUT2D eigenvalue weighted by Gasteiger charge is 2.02. The Morgan fingerprint density at radius 2 is 2.14 bits per heavy atom. The molecule has 5 nitrogen and oxygen atoms in total. The third-order valence-electron chi connectivity index (χ3n) is 2.96. The first-order valence-electron chi connectivity index (χ1n) is 6.98. The molecule has 0 amide bonds. The van der Waals surface area contributed by atoms with Gasteiger partial charge in [0.25, 0.3) is 0 Å². The number of hydrogen-bond donors (Lipinski definition) is 2. The summed E-state index contributed by atoms with van der Waals surface area (Å²) >= 11 is 5.20. The van der Waals surface area contributed by atoms with Crippen molar-refractivity contribution < 1.29 is 9.13 Å². The predicted molar refractivity (Wildman–Crippen MR) is 88.4 cm³/mol. The maximum atomic E-state index is 12.9. The number of methoxy groups -OCH3 is 1. The van der Waals surface area contributed by atoms with Gasteiger partial charge in [0.05, 0.1) is 18.4 Å². The molecule has 2 rings (SSSR count). The Bertz CT molecular complexity index is 600. The average Bonchev–Trinajstić information content (AvgIpc) is 2.93. The van der Waals surface area contributed by atoms with E-state index in [9.17, 15) is 4.39 Å². The van der Waals surface area contributed by atoms with Crippen LogP contribution in [0.2, 0.25) is 0 Å². The van der Waals surface area contributed by atoms with Crippen molar-refractivity contribution in [1.29, 1.82) is 0 Å². The summed E-state index contributed by atoms with van der Waals surface area (Å²) in [5.74, 6) is -0.239. The van der Waals surface area contributed by atoms with Crippen LogP contribution < -0.4 is 10.6 Å². The summed E-state index contributed by atoms with van der Waals surface area (Å²) in [4.78, 5) is 0. The fraction of sp³-hybridized carbons (Fsp3) is 0.333. The van der Waals surface area contributed by atoms with Crippen molar-refractivity contribution in [2.75, 3.05) is 25.6 Å². The number of nitrogens with one attached hydrogen (secondary N) is 2. The van der Waals surface area contributed by atoms with E-state index in [0.29, 0.717) is 18.3 Å². The molecule has 0 radical (unpaired) electrons. The fourth-order valence-electron chi connectivity index (χ4n) is 1.89. The van der Waals surface area contributed by atoms with E-state index in [1.165, 1.54) is 12.1 Å². The van der Waals surface area contributed by atoms with Crippen LogP contribution in [-0.4, -0.2) is 35.2 Å². The maximum Gasteiger partial charge on any atom is 0.170 e. The van der Waals surface area contributed by atoms with Gasteiger partial charge in [-0.15, -0.1) is 0 Å². The lowest BCUT2D eigenvalue weighted by Gasteiger charge is -2.08. The molecule has 0 bridgehead atoms. The molecule has 0 unspecified atom stereocenters. The molecule has 0 saturated heterocycles. The van der Waals surface area contributed by atoms with Crippen molar-refractivity contribution in [3.8, 4) is 0 Å².